The standard InChI is InChI=1S/C14H15N3O/c1-14(2,10-18)12-3-5-13(6-4-12)17-9-11(7-15)8-16/h3-6,9,17-18H,10H2,1-2H3. The zero-order valence-corrected chi connectivity index (χ0v) is 10.4. The van der Waals surface area contributed by atoms with Crippen molar-refractivity contribution in [3.63, 3.8) is 0 Å². The second kappa shape index (κ2) is 5.86. The van der Waals surface area contributed by atoms with Crippen LogP contribution in [0, 0.1) is 22.7 Å². The van der Waals surface area contributed by atoms with E-state index in [1.807, 2.05) is 38.1 Å². The minimum Gasteiger partial charge on any atom is -0.395 e. The van der Waals surface area contributed by atoms with Crippen molar-refractivity contribution in [1.82, 2.24) is 0 Å². The van der Waals surface area contributed by atoms with Crippen LogP contribution in [0.2, 0.25) is 0 Å². The van der Waals surface area contributed by atoms with Crippen molar-refractivity contribution < 1.29 is 5.11 Å². The van der Waals surface area contributed by atoms with E-state index in [4.69, 9.17) is 10.5 Å². The molecular weight excluding hydrogens is 226 g/mol. The van der Waals surface area contributed by atoms with Crippen molar-refractivity contribution in [2.45, 2.75) is 19.3 Å². The van der Waals surface area contributed by atoms with E-state index in [1.54, 1.807) is 12.1 Å². The van der Waals surface area contributed by atoms with Gasteiger partial charge in [0.15, 0.2) is 0 Å². The number of nitrogens with one attached hydrogen (secondary N) is 1. The summed E-state index contributed by atoms with van der Waals surface area (Å²) in [5, 5.41) is 29.3. The minimum absolute atomic E-state index is 0.0229. The van der Waals surface area contributed by atoms with Gasteiger partial charge in [-0.15, -0.1) is 0 Å². The average molecular weight is 241 g/mol. The molecule has 0 bridgehead atoms. The molecule has 1 rings (SSSR count). The van der Waals surface area contributed by atoms with Crippen molar-refractivity contribution in [3.8, 4) is 12.1 Å². The molecule has 0 atom stereocenters. The molecule has 0 radical (unpaired) electrons. The van der Waals surface area contributed by atoms with Gasteiger partial charge in [-0.3, -0.25) is 0 Å². The van der Waals surface area contributed by atoms with Gasteiger partial charge in [-0.2, -0.15) is 10.5 Å². The molecule has 0 heterocycles. The molecule has 0 aliphatic heterocycles. The summed E-state index contributed by atoms with van der Waals surface area (Å²) in [6.07, 6.45) is 1.37. The van der Waals surface area contributed by atoms with Crippen LogP contribution in [0.15, 0.2) is 36.0 Å². The smallest absolute Gasteiger partial charge is 0.145 e. The molecule has 0 saturated carbocycles. The van der Waals surface area contributed by atoms with Crippen molar-refractivity contribution in [2.75, 3.05) is 11.9 Å². The Balaban J connectivity index is 2.83. The normalized spacial score (nSPS) is 10.1. The second-order valence-corrected chi connectivity index (χ2v) is 4.55. The van der Waals surface area contributed by atoms with E-state index in [0.29, 0.717) is 0 Å². The molecule has 0 aliphatic carbocycles. The highest BCUT2D eigenvalue weighted by molar-refractivity contribution is 5.50. The van der Waals surface area contributed by atoms with Gasteiger partial charge >= 0.3 is 0 Å². The second-order valence-electron chi connectivity index (χ2n) is 4.55. The molecule has 18 heavy (non-hydrogen) atoms. The molecule has 0 spiro atoms. The highest BCUT2D eigenvalue weighted by Crippen LogP contribution is 2.23. The quantitative estimate of drug-likeness (QED) is 0.793. The number of allylic oxidation sites excluding steroid dienone is 1. The lowest BCUT2D eigenvalue weighted by atomic mass is 9.86. The van der Waals surface area contributed by atoms with E-state index >= 15 is 0 Å². The first-order valence-corrected chi connectivity index (χ1v) is 5.52. The molecule has 1 aromatic carbocycles. The Hall–Kier alpha value is -2.30. The first-order valence-electron chi connectivity index (χ1n) is 5.52. The molecule has 2 N–H and O–H groups in total. The molecule has 4 heteroatoms. The highest BCUT2D eigenvalue weighted by atomic mass is 16.3. The van der Waals surface area contributed by atoms with Crippen LogP contribution < -0.4 is 5.32 Å². The third-order valence-electron chi connectivity index (χ3n) is 2.69. The van der Waals surface area contributed by atoms with Gasteiger partial charge in [-0.1, -0.05) is 26.0 Å². The van der Waals surface area contributed by atoms with Crippen LogP contribution in [0.3, 0.4) is 0 Å². The van der Waals surface area contributed by atoms with Gasteiger partial charge in [0.25, 0.3) is 0 Å². The first kappa shape index (κ1) is 13.8. The SMILES string of the molecule is CC(C)(CO)c1ccc(NC=C(C#N)C#N)cc1. The van der Waals surface area contributed by atoms with Crippen molar-refractivity contribution in [2.24, 2.45) is 0 Å². The van der Waals surface area contributed by atoms with Crippen LogP contribution >= 0.6 is 0 Å². The van der Waals surface area contributed by atoms with Crippen LogP contribution in [-0.4, -0.2) is 11.7 Å². The molecule has 0 fully saturated rings. The van der Waals surface area contributed by atoms with Gasteiger partial charge in [0.1, 0.15) is 17.7 Å². The van der Waals surface area contributed by atoms with E-state index in [2.05, 4.69) is 5.32 Å². The molecule has 4 nitrogen and oxygen atoms in total. The van der Waals surface area contributed by atoms with Gasteiger partial charge in [0.2, 0.25) is 0 Å². The van der Waals surface area contributed by atoms with Gasteiger partial charge in [-0.25, -0.2) is 0 Å². The average Bonchev–Trinajstić information content (AvgIpc) is 2.40. The predicted octanol–water partition coefficient (Wildman–Crippen LogP) is 2.30. The maximum atomic E-state index is 9.26. The number of aliphatic hydroxyl groups excluding tert-OH is 1. The zero-order valence-electron chi connectivity index (χ0n) is 10.4. The van der Waals surface area contributed by atoms with E-state index in [0.717, 1.165) is 11.3 Å². The fourth-order valence-corrected chi connectivity index (χ4v) is 1.35. The summed E-state index contributed by atoms with van der Waals surface area (Å²) < 4.78 is 0. The maximum Gasteiger partial charge on any atom is 0.145 e. The lowest BCUT2D eigenvalue weighted by molar-refractivity contribution is 0.218. The molecule has 0 aromatic heterocycles. The zero-order chi connectivity index (χ0) is 13.6. The summed E-state index contributed by atoms with van der Waals surface area (Å²) in [5.74, 6) is 0. The van der Waals surface area contributed by atoms with E-state index in [9.17, 15) is 5.11 Å². The van der Waals surface area contributed by atoms with E-state index < -0.39 is 0 Å². The molecular formula is C14H15N3O. The third kappa shape index (κ3) is 3.35. The number of hydrogen-bond acceptors (Lipinski definition) is 4. The Morgan fingerprint density at radius 1 is 1.28 bits per heavy atom. The minimum atomic E-state index is -0.279. The van der Waals surface area contributed by atoms with E-state index in [1.165, 1.54) is 6.20 Å². The summed E-state index contributed by atoms with van der Waals surface area (Å²) >= 11 is 0. The summed E-state index contributed by atoms with van der Waals surface area (Å²) in [5.41, 5.74) is 1.56. The monoisotopic (exact) mass is 241 g/mol. The first-order chi connectivity index (χ1) is 8.53. The topological polar surface area (TPSA) is 79.8 Å². The van der Waals surface area contributed by atoms with Crippen molar-refractivity contribution >= 4 is 5.69 Å². The lowest BCUT2D eigenvalue weighted by Gasteiger charge is -2.22. The number of rotatable bonds is 4. The molecule has 0 aliphatic rings. The highest BCUT2D eigenvalue weighted by Gasteiger charge is 2.18. The van der Waals surface area contributed by atoms with Crippen LogP contribution in [0.5, 0.6) is 0 Å². The molecule has 0 saturated heterocycles. The van der Waals surface area contributed by atoms with Crippen LogP contribution in [0.1, 0.15) is 19.4 Å². The molecule has 92 valence electrons. The summed E-state index contributed by atoms with van der Waals surface area (Å²) in [7, 11) is 0. The summed E-state index contributed by atoms with van der Waals surface area (Å²) in [4.78, 5) is 0. The Labute approximate surface area is 107 Å². The van der Waals surface area contributed by atoms with Crippen LogP contribution in [0.4, 0.5) is 5.69 Å². The largest absolute Gasteiger partial charge is 0.395 e. The van der Waals surface area contributed by atoms with Gasteiger partial charge < -0.3 is 10.4 Å². The molecule has 0 amide bonds. The van der Waals surface area contributed by atoms with Gasteiger partial charge in [-0.05, 0) is 17.7 Å². The summed E-state index contributed by atoms with van der Waals surface area (Å²) in [6, 6.07) is 11.0. The number of aliphatic hydroxyl groups is 1. The lowest BCUT2D eigenvalue weighted by Crippen LogP contribution is -2.21. The fourth-order valence-electron chi connectivity index (χ4n) is 1.35. The Kier molecular flexibility index (Phi) is 4.48. The van der Waals surface area contributed by atoms with Crippen molar-refractivity contribution in [1.29, 1.82) is 10.5 Å². The molecule has 0 unspecified atom stereocenters. The Bertz CT molecular complexity index is 499. The van der Waals surface area contributed by atoms with Crippen LogP contribution in [0.25, 0.3) is 0 Å². The number of hydrogen-bond donors (Lipinski definition) is 2. The van der Waals surface area contributed by atoms with Crippen LogP contribution in [-0.2, 0) is 5.41 Å². The number of benzene rings is 1. The maximum absolute atomic E-state index is 9.26. The third-order valence-corrected chi connectivity index (χ3v) is 2.69. The Morgan fingerprint density at radius 3 is 2.28 bits per heavy atom. The Morgan fingerprint density at radius 2 is 1.83 bits per heavy atom. The van der Waals surface area contributed by atoms with Gasteiger partial charge in [0.05, 0.1) is 6.61 Å². The number of nitriles is 2. The number of anilines is 1. The van der Waals surface area contributed by atoms with E-state index in [-0.39, 0.29) is 17.6 Å². The number of nitrogens with zero attached hydrogens (tertiary/aromatic N) is 2. The van der Waals surface area contributed by atoms with Gasteiger partial charge in [0, 0.05) is 17.3 Å². The predicted molar refractivity (Wildman–Crippen MR) is 69.5 cm³/mol. The fraction of sp³-hybridized carbons (Fsp3) is 0.286. The van der Waals surface area contributed by atoms with Crippen molar-refractivity contribution in [3.05, 3.63) is 41.6 Å². The molecule has 1 aromatic rings. The summed E-state index contributed by atoms with van der Waals surface area (Å²) in [6.45, 7) is 3.99.